The van der Waals surface area contributed by atoms with Crippen LogP contribution in [-0.4, -0.2) is 64.7 Å². The first-order valence-corrected chi connectivity index (χ1v) is 12.5. The predicted octanol–water partition coefficient (Wildman–Crippen LogP) is 4.60. The van der Waals surface area contributed by atoms with Gasteiger partial charge in [0.2, 0.25) is 5.88 Å². The summed E-state index contributed by atoms with van der Waals surface area (Å²) in [5.74, 6) is 0.224. The minimum atomic E-state index is -0.308. The summed E-state index contributed by atoms with van der Waals surface area (Å²) in [6.07, 6.45) is 5.51. The monoisotopic (exact) mass is 485 g/mol. The summed E-state index contributed by atoms with van der Waals surface area (Å²) in [6, 6.07) is 21.9. The third-order valence-electron chi connectivity index (χ3n) is 6.60. The van der Waals surface area contributed by atoms with Gasteiger partial charge in [0.1, 0.15) is 11.7 Å². The van der Waals surface area contributed by atoms with Crippen molar-refractivity contribution in [3.05, 3.63) is 95.2 Å². The van der Waals surface area contributed by atoms with Crippen molar-refractivity contribution >= 4 is 18.1 Å². The number of ether oxygens (including phenoxy) is 1. The van der Waals surface area contributed by atoms with Crippen molar-refractivity contribution in [1.29, 1.82) is 0 Å². The molecule has 0 fully saturated rings. The Morgan fingerprint density at radius 1 is 1.11 bits per heavy atom. The van der Waals surface area contributed by atoms with Crippen molar-refractivity contribution in [1.82, 2.24) is 14.8 Å². The maximum absolute atomic E-state index is 13.6. The average molecular weight is 486 g/mol. The summed E-state index contributed by atoms with van der Waals surface area (Å²) < 4.78 is 6.42. The van der Waals surface area contributed by atoms with Crippen molar-refractivity contribution in [2.45, 2.75) is 32.5 Å². The van der Waals surface area contributed by atoms with E-state index in [-0.39, 0.29) is 30.6 Å². The molecule has 0 radical (unpaired) electrons. The average Bonchev–Trinajstić information content (AvgIpc) is 2.90. The van der Waals surface area contributed by atoms with Crippen LogP contribution in [-0.2, 0) is 6.54 Å². The van der Waals surface area contributed by atoms with Gasteiger partial charge in [-0.1, -0.05) is 79.7 Å². The molecule has 0 spiro atoms. The lowest BCUT2D eigenvalue weighted by Gasteiger charge is -2.37. The van der Waals surface area contributed by atoms with E-state index in [0.29, 0.717) is 24.5 Å². The molecule has 1 N–H and O–H groups in total. The van der Waals surface area contributed by atoms with E-state index < -0.39 is 0 Å². The normalized spacial score (nSPS) is 19.0. The molecule has 6 nitrogen and oxygen atoms in total. The molecule has 3 aromatic rings. The highest BCUT2D eigenvalue weighted by Gasteiger charge is 2.34. The first kappa shape index (κ1) is 25.6. The van der Waals surface area contributed by atoms with Gasteiger partial charge in [0.15, 0.2) is 0 Å². The molecule has 36 heavy (non-hydrogen) atoms. The van der Waals surface area contributed by atoms with Gasteiger partial charge in [-0.3, -0.25) is 9.69 Å². The molecule has 0 saturated heterocycles. The zero-order valence-electron chi connectivity index (χ0n) is 21.2. The highest BCUT2D eigenvalue weighted by molar-refractivity contribution is 5.97. The minimum Gasteiger partial charge on any atom is -0.472 e. The smallest absolute Gasteiger partial charge is 0.259 e. The number of carbonyl (C=O) groups excluding carboxylic acids is 1. The molecule has 0 aliphatic carbocycles. The molecule has 188 valence electrons. The van der Waals surface area contributed by atoms with Crippen LogP contribution in [0.5, 0.6) is 5.88 Å². The number of hydrogen-bond acceptors (Lipinski definition) is 5. The second-order valence-electron chi connectivity index (χ2n) is 9.67. The fourth-order valence-corrected chi connectivity index (χ4v) is 4.45. The Balaban J connectivity index is 1.61. The fourth-order valence-electron chi connectivity index (χ4n) is 4.45. The molecule has 6 heteroatoms. The Labute approximate surface area is 213 Å². The zero-order valence-corrected chi connectivity index (χ0v) is 21.2. The lowest BCUT2D eigenvalue weighted by atomic mass is 9.99. The number of pyridine rings is 1. The van der Waals surface area contributed by atoms with E-state index in [1.165, 1.54) is 5.56 Å². The summed E-state index contributed by atoms with van der Waals surface area (Å²) in [6.45, 7) is 5.83. The van der Waals surface area contributed by atoms with E-state index in [4.69, 9.17) is 4.74 Å². The lowest BCUT2D eigenvalue weighted by Crippen LogP contribution is -2.49. The third kappa shape index (κ3) is 6.39. The van der Waals surface area contributed by atoms with Crippen LogP contribution in [0.1, 0.15) is 40.9 Å². The summed E-state index contributed by atoms with van der Waals surface area (Å²) in [5, 5.41) is 9.88. The number of aromatic nitrogens is 1. The second-order valence-corrected chi connectivity index (χ2v) is 9.67. The van der Waals surface area contributed by atoms with Crippen LogP contribution in [0.15, 0.2) is 72.9 Å². The van der Waals surface area contributed by atoms with Crippen molar-refractivity contribution < 1.29 is 14.6 Å². The van der Waals surface area contributed by atoms with E-state index in [9.17, 15) is 9.90 Å². The number of fused-ring (bicyclic) bond motifs is 1. The van der Waals surface area contributed by atoms with E-state index in [1.807, 2.05) is 73.7 Å². The summed E-state index contributed by atoms with van der Waals surface area (Å²) in [4.78, 5) is 22.2. The van der Waals surface area contributed by atoms with Crippen LogP contribution in [0.25, 0.3) is 12.2 Å². The largest absolute Gasteiger partial charge is 0.472 e. The van der Waals surface area contributed by atoms with Crippen LogP contribution >= 0.6 is 0 Å². The number of carbonyl (C=O) groups is 1. The highest BCUT2D eigenvalue weighted by Crippen LogP contribution is 2.28. The maximum Gasteiger partial charge on any atom is 0.259 e. The van der Waals surface area contributed by atoms with Crippen LogP contribution in [0.4, 0.5) is 0 Å². The van der Waals surface area contributed by atoms with Crippen LogP contribution < -0.4 is 4.74 Å². The Hall–Kier alpha value is -3.48. The third-order valence-corrected chi connectivity index (χ3v) is 6.60. The number of amides is 1. The van der Waals surface area contributed by atoms with Gasteiger partial charge in [-0.15, -0.1) is 0 Å². The molecule has 2 aromatic carbocycles. The first-order chi connectivity index (χ1) is 17.4. The molecule has 1 aliphatic heterocycles. The number of aliphatic hydroxyl groups excluding tert-OH is 1. The first-order valence-electron chi connectivity index (χ1n) is 12.5. The standard InChI is InChI=1S/C30H35N3O3/c1-22-18-33(23(2)21-34)30(35)27-16-26(15-14-24-10-6-4-7-11-24)17-31-29(27)36-28(22)20-32(3)19-25-12-8-5-9-13-25/h4-17,22-23,28,34H,18-21H2,1-3H3/b15-14+/t22-,23-,28-/m1/s1. The van der Waals surface area contributed by atoms with Gasteiger partial charge in [0.25, 0.3) is 5.91 Å². The molecule has 4 rings (SSSR count). The topological polar surface area (TPSA) is 65.9 Å². The highest BCUT2D eigenvalue weighted by atomic mass is 16.5. The van der Waals surface area contributed by atoms with Gasteiger partial charge in [-0.2, -0.15) is 0 Å². The Bertz CT molecular complexity index is 1170. The molecule has 3 atom stereocenters. The van der Waals surface area contributed by atoms with Crippen LogP contribution in [0, 0.1) is 5.92 Å². The Morgan fingerprint density at radius 2 is 1.78 bits per heavy atom. The summed E-state index contributed by atoms with van der Waals surface area (Å²) >= 11 is 0. The SMILES string of the molecule is C[C@@H]1CN([C@H](C)CO)C(=O)c2cc(/C=C/c3ccccc3)cnc2O[C@@H]1CN(C)Cc1ccccc1. The lowest BCUT2D eigenvalue weighted by molar-refractivity contribution is 0.0325. The molecular weight excluding hydrogens is 450 g/mol. The van der Waals surface area contributed by atoms with Crippen molar-refractivity contribution in [2.75, 3.05) is 26.7 Å². The summed E-state index contributed by atoms with van der Waals surface area (Å²) in [7, 11) is 2.08. The van der Waals surface area contributed by atoms with E-state index in [2.05, 4.69) is 36.0 Å². The number of rotatable bonds is 8. The number of aliphatic hydroxyl groups is 1. The molecule has 0 bridgehead atoms. The van der Waals surface area contributed by atoms with Crippen molar-refractivity contribution in [2.24, 2.45) is 5.92 Å². The molecule has 0 saturated carbocycles. The van der Waals surface area contributed by atoms with Crippen LogP contribution in [0.3, 0.4) is 0 Å². The Kier molecular flexibility index (Phi) is 8.52. The van der Waals surface area contributed by atoms with Gasteiger partial charge < -0.3 is 14.7 Å². The van der Waals surface area contributed by atoms with E-state index >= 15 is 0 Å². The number of likely N-dealkylation sites (N-methyl/N-ethyl adjacent to an activating group) is 1. The van der Waals surface area contributed by atoms with Gasteiger partial charge in [-0.05, 0) is 36.7 Å². The van der Waals surface area contributed by atoms with Crippen molar-refractivity contribution in [3.63, 3.8) is 0 Å². The van der Waals surface area contributed by atoms with Crippen LogP contribution in [0.2, 0.25) is 0 Å². The number of benzene rings is 2. The quantitative estimate of drug-likeness (QED) is 0.505. The molecule has 1 amide bonds. The minimum absolute atomic E-state index is 0.0498. The number of nitrogens with zero attached hydrogens (tertiary/aromatic N) is 3. The number of hydrogen-bond donors (Lipinski definition) is 1. The fraction of sp³-hybridized carbons (Fsp3) is 0.333. The van der Waals surface area contributed by atoms with Gasteiger partial charge >= 0.3 is 0 Å². The predicted molar refractivity (Wildman–Crippen MR) is 144 cm³/mol. The molecule has 2 heterocycles. The summed E-state index contributed by atoms with van der Waals surface area (Å²) in [5.41, 5.74) is 3.54. The Morgan fingerprint density at radius 3 is 2.47 bits per heavy atom. The molecule has 0 unspecified atom stereocenters. The van der Waals surface area contributed by atoms with Gasteiger partial charge in [-0.25, -0.2) is 4.98 Å². The van der Waals surface area contributed by atoms with Crippen molar-refractivity contribution in [3.8, 4) is 5.88 Å². The maximum atomic E-state index is 13.6. The molecular formula is C30H35N3O3. The van der Waals surface area contributed by atoms with E-state index in [0.717, 1.165) is 17.7 Å². The second kappa shape index (κ2) is 12.0. The molecule has 1 aliphatic rings. The zero-order chi connectivity index (χ0) is 25.5. The van der Waals surface area contributed by atoms with Gasteiger partial charge in [0, 0.05) is 31.7 Å². The molecule has 1 aromatic heterocycles. The van der Waals surface area contributed by atoms with E-state index in [1.54, 1.807) is 11.1 Å². The van der Waals surface area contributed by atoms with Gasteiger partial charge in [0.05, 0.1) is 12.6 Å².